The van der Waals surface area contributed by atoms with Crippen molar-refractivity contribution in [3.05, 3.63) is 89.2 Å². The summed E-state index contributed by atoms with van der Waals surface area (Å²) in [6, 6.07) is 20.6. The van der Waals surface area contributed by atoms with Crippen molar-refractivity contribution in [3.63, 3.8) is 0 Å². The highest BCUT2D eigenvalue weighted by molar-refractivity contribution is 5.64. The smallest absolute Gasteiger partial charge is 0.404 e. The number of nitrogens with one attached hydrogen (secondary N) is 2. The topological polar surface area (TPSA) is 108 Å². The van der Waals surface area contributed by atoms with Gasteiger partial charge in [0.2, 0.25) is 0 Å². The molecule has 0 radical (unpaired) electrons. The maximum absolute atomic E-state index is 14.4. The summed E-state index contributed by atoms with van der Waals surface area (Å²) in [5.41, 5.74) is 2.81. The third-order valence-electron chi connectivity index (χ3n) is 7.27. The molecule has 1 amide bonds. The van der Waals surface area contributed by atoms with E-state index < -0.39 is 11.9 Å². The van der Waals surface area contributed by atoms with Gasteiger partial charge in [-0.25, -0.2) is 9.18 Å². The van der Waals surface area contributed by atoms with Crippen LogP contribution in [0.25, 0.3) is 0 Å². The number of halogens is 1. The number of hydrogen-bond acceptors (Lipinski definition) is 7. The second-order valence-electron chi connectivity index (χ2n) is 10.2. The van der Waals surface area contributed by atoms with Crippen LogP contribution in [-0.2, 0) is 22.5 Å². The van der Waals surface area contributed by atoms with Crippen LogP contribution in [0.15, 0.2) is 66.7 Å². The van der Waals surface area contributed by atoms with E-state index in [4.69, 9.17) is 28.8 Å². The van der Waals surface area contributed by atoms with Crippen molar-refractivity contribution in [2.24, 2.45) is 0 Å². The summed E-state index contributed by atoms with van der Waals surface area (Å²) in [4.78, 5) is 10.7. The summed E-state index contributed by atoms with van der Waals surface area (Å²) in [5.74, 6) is 1.51. The molecule has 1 heterocycles. The van der Waals surface area contributed by atoms with Gasteiger partial charge in [-0.05, 0) is 54.8 Å². The molecule has 1 aliphatic rings. The maximum atomic E-state index is 14.4. The highest BCUT2D eigenvalue weighted by Crippen LogP contribution is 2.29. The summed E-state index contributed by atoms with van der Waals surface area (Å²) in [6.07, 6.45) is 0.864. The van der Waals surface area contributed by atoms with Gasteiger partial charge in [-0.3, -0.25) is 0 Å². The first-order chi connectivity index (χ1) is 21.0. The molecule has 4 rings (SSSR count). The molecule has 1 fully saturated rings. The Labute approximate surface area is 252 Å². The van der Waals surface area contributed by atoms with Crippen molar-refractivity contribution in [2.75, 3.05) is 53.2 Å². The highest BCUT2D eigenvalue weighted by atomic mass is 19.1. The fourth-order valence-corrected chi connectivity index (χ4v) is 5.11. The molecule has 1 saturated heterocycles. The average Bonchev–Trinajstić information content (AvgIpc) is 3.02. The Hall–Kier alpha value is -3.86. The molecule has 0 aliphatic carbocycles. The Bertz CT molecular complexity index is 1270. The minimum atomic E-state index is -1.12. The average molecular weight is 597 g/mol. The van der Waals surface area contributed by atoms with Crippen LogP contribution in [0.5, 0.6) is 17.2 Å². The summed E-state index contributed by atoms with van der Waals surface area (Å²) in [6.45, 7) is 3.91. The maximum Gasteiger partial charge on any atom is 0.404 e. The van der Waals surface area contributed by atoms with Crippen LogP contribution >= 0.6 is 0 Å². The molecule has 43 heavy (non-hydrogen) atoms. The molecule has 0 aromatic heterocycles. The minimum absolute atomic E-state index is 0.0515. The predicted molar refractivity (Wildman–Crippen MR) is 161 cm³/mol. The molecule has 2 unspecified atom stereocenters. The Balaban J connectivity index is 1.19. The van der Waals surface area contributed by atoms with Crippen molar-refractivity contribution < 1.29 is 38.0 Å². The van der Waals surface area contributed by atoms with Gasteiger partial charge in [-0.1, -0.05) is 42.5 Å². The van der Waals surface area contributed by atoms with Crippen molar-refractivity contribution in [3.8, 4) is 17.2 Å². The molecular formula is C33H41FN2O7. The van der Waals surface area contributed by atoms with Gasteiger partial charge in [0.25, 0.3) is 0 Å². The molecular weight excluding hydrogens is 555 g/mol. The monoisotopic (exact) mass is 596 g/mol. The number of piperidine rings is 1. The molecule has 10 heteroatoms. The van der Waals surface area contributed by atoms with Crippen molar-refractivity contribution >= 4 is 6.09 Å². The predicted octanol–water partition coefficient (Wildman–Crippen LogP) is 5.17. The Kier molecular flexibility index (Phi) is 12.9. The number of benzene rings is 3. The van der Waals surface area contributed by atoms with Gasteiger partial charge in [0.15, 0.2) is 11.6 Å². The number of para-hydroxylation sites is 2. The van der Waals surface area contributed by atoms with E-state index in [-0.39, 0.29) is 30.9 Å². The highest BCUT2D eigenvalue weighted by Gasteiger charge is 2.27. The zero-order valence-electron chi connectivity index (χ0n) is 24.6. The Morgan fingerprint density at radius 1 is 0.977 bits per heavy atom. The minimum Gasteiger partial charge on any atom is -0.496 e. The molecule has 0 saturated carbocycles. The van der Waals surface area contributed by atoms with Crippen molar-refractivity contribution in [2.45, 2.75) is 37.9 Å². The summed E-state index contributed by atoms with van der Waals surface area (Å²) in [7, 11) is 1.66. The number of carboxylic acid groups (broad SMARTS) is 1. The van der Waals surface area contributed by atoms with E-state index in [2.05, 4.69) is 22.8 Å². The number of rotatable bonds is 17. The van der Waals surface area contributed by atoms with E-state index in [0.29, 0.717) is 45.0 Å². The van der Waals surface area contributed by atoms with Gasteiger partial charge in [-0.2, -0.15) is 0 Å². The van der Waals surface area contributed by atoms with Gasteiger partial charge >= 0.3 is 6.09 Å². The summed E-state index contributed by atoms with van der Waals surface area (Å²) < 4.78 is 43.4. The largest absolute Gasteiger partial charge is 0.496 e. The number of carbonyl (C=O) groups is 1. The number of amides is 1. The first kappa shape index (κ1) is 32.1. The number of hydrogen-bond donors (Lipinski definition) is 3. The third kappa shape index (κ3) is 10.1. The third-order valence-corrected chi connectivity index (χ3v) is 7.27. The van der Waals surface area contributed by atoms with E-state index in [1.807, 2.05) is 36.4 Å². The molecule has 1 aliphatic heterocycles. The van der Waals surface area contributed by atoms with Crippen molar-refractivity contribution in [1.29, 1.82) is 0 Å². The summed E-state index contributed by atoms with van der Waals surface area (Å²) >= 11 is 0. The molecule has 2 atom stereocenters. The van der Waals surface area contributed by atoms with Crippen LogP contribution in [-0.4, -0.2) is 70.5 Å². The first-order valence-electron chi connectivity index (χ1n) is 14.7. The quantitative estimate of drug-likeness (QED) is 0.183. The van der Waals surface area contributed by atoms with E-state index >= 15 is 0 Å². The summed E-state index contributed by atoms with van der Waals surface area (Å²) in [5, 5.41) is 14.5. The standard InChI is InChI=1S/C33H41FN2O7/c1-39-30-9-3-2-6-26(30)23-40-18-5-19-41-27-12-10-24(11-13-27)28-15-16-35-22-31(28)42-20-21-43-32-25(7-4-8-29(32)34)14-17-36-33(37)38/h2-4,6-13,28,31,35-36H,5,14-23H2,1H3,(H,37,38). The first-order valence-corrected chi connectivity index (χ1v) is 14.7. The lowest BCUT2D eigenvalue weighted by atomic mass is 9.88. The Morgan fingerprint density at radius 2 is 1.79 bits per heavy atom. The van der Waals surface area contributed by atoms with Crippen LogP contribution in [0.2, 0.25) is 0 Å². The molecule has 232 valence electrons. The van der Waals surface area contributed by atoms with Gasteiger partial charge in [0.1, 0.15) is 18.1 Å². The SMILES string of the molecule is COc1ccccc1COCCCOc1ccc(C2CCNCC2OCCOc2c(F)cccc2CCNC(=O)O)cc1. The fourth-order valence-electron chi connectivity index (χ4n) is 5.11. The van der Waals surface area contributed by atoms with Crippen LogP contribution < -0.4 is 24.8 Å². The van der Waals surface area contributed by atoms with E-state index in [1.54, 1.807) is 19.2 Å². The lowest BCUT2D eigenvalue weighted by Crippen LogP contribution is -2.41. The number of ether oxygens (including phenoxy) is 5. The fraction of sp³-hybridized carbons (Fsp3) is 0.424. The normalized spacial score (nSPS) is 16.4. The van der Waals surface area contributed by atoms with E-state index in [9.17, 15) is 9.18 Å². The van der Waals surface area contributed by atoms with Gasteiger partial charge < -0.3 is 39.4 Å². The second-order valence-corrected chi connectivity index (χ2v) is 10.2. The van der Waals surface area contributed by atoms with Crippen molar-refractivity contribution in [1.82, 2.24) is 10.6 Å². The molecule has 3 N–H and O–H groups in total. The van der Waals surface area contributed by atoms with E-state index in [1.165, 1.54) is 11.6 Å². The van der Waals surface area contributed by atoms with E-state index in [0.717, 1.165) is 36.4 Å². The molecule has 0 spiro atoms. The van der Waals surface area contributed by atoms with Crippen LogP contribution in [0.3, 0.4) is 0 Å². The van der Waals surface area contributed by atoms with Gasteiger partial charge in [-0.15, -0.1) is 0 Å². The number of methoxy groups -OCH3 is 1. The molecule has 0 bridgehead atoms. The Morgan fingerprint density at radius 3 is 2.60 bits per heavy atom. The molecule has 3 aromatic carbocycles. The van der Waals surface area contributed by atoms with Crippen LogP contribution in [0.4, 0.5) is 9.18 Å². The van der Waals surface area contributed by atoms with Crippen LogP contribution in [0.1, 0.15) is 35.4 Å². The lowest BCUT2D eigenvalue weighted by Gasteiger charge is -2.32. The zero-order valence-corrected chi connectivity index (χ0v) is 24.6. The molecule has 3 aromatic rings. The lowest BCUT2D eigenvalue weighted by molar-refractivity contribution is 0.00675. The van der Waals surface area contributed by atoms with Crippen LogP contribution in [0, 0.1) is 5.82 Å². The van der Waals surface area contributed by atoms with Gasteiger partial charge in [0.05, 0.1) is 39.6 Å². The second kappa shape index (κ2) is 17.3. The zero-order chi connectivity index (χ0) is 30.3. The van der Waals surface area contributed by atoms with Gasteiger partial charge in [0, 0.05) is 31.0 Å². The molecule has 9 nitrogen and oxygen atoms in total.